The van der Waals surface area contributed by atoms with Gasteiger partial charge in [-0.1, -0.05) is 12.1 Å². The summed E-state index contributed by atoms with van der Waals surface area (Å²) in [6.45, 7) is 1.73. The van der Waals surface area contributed by atoms with Crippen molar-refractivity contribution >= 4 is 46.4 Å². The van der Waals surface area contributed by atoms with Crippen LogP contribution in [-0.4, -0.2) is 51.5 Å². The van der Waals surface area contributed by atoms with E-state index in [4.69, 9.17) is 4.74 Å². The predicted molar refractivity (Wildman–Crippen MR) is 127 cm³/mol. The van der Waals surface area contributed by atoms with Crippen LogP contribution >= 0.6 is 11.8 Å². The second-order valence-corrected chi connectivity index (χ2v) is 9.56. The Kier molecular flexibility index (Phi) is 5.22. The van der Waals surface area contributed by atoms with Gasteiger partial charge in [0.25, 0.3) is 5.56 Å². The molecule has 3 aromatic rings. The summed E-state index contributed by atoms with van der Waals surface area (Å²) in [5.74, 6) is 1.23. The third kappa shape index (κ3) is 3.70. The lowest BCUT2D eigenvalue weighted by Crippen LogP contribution is -2.28. The highest BCUT2D eigenvalue weighted by atomic mass is 32.2. The fraction of sp³-hybridized carbons (Fsp3) is 0.348. The molecule has 2 N–H and O–H groups in total. The molecule has 0 radical (unpaired) electrons. The van der Waals surface area contributed by atoms with Gasteiger partial charge in [-0.3, -0.25) is 14.5 Å². The van der Waals surface area contributed by atoms with Gasteiger partial charge in [0.15, 0.2) is 0 Å². The van der Waals surface area contributed by atoms with Gasteiger partial charge in [-0.15, -0.1) is 11.8 Å². The van der Waals surface area contributed by atoms with Crippen LogP contribution in [0.25, 0.3) is 11.0 Å². The second-order valence-electron chi connectivity index (χ2n) is 8.54. The number of para-hydroxylation sites is 1. The molecule has 0 bridgehead atoms. The zero-order chi connectivity index (χ0) is 23.2. The number of nitrogens with zero attached hydrogens (tertiary/aromatic N) is 4. The van der Waals surface area contributed by atoms with E-state index in [1.165, 1.54) is 22.9 Å². The number of thioether (sulfide) groups is 1. The highest BCUT2D eigenvalue weighted by Gasteiger charge is 2.33. The summed E-state index contributed by atoms with van der Waals surface area (Å²) in [6.07, 6.45) is 2.24. The summed E-state index contributed by atoms with van der Waals surface area (Å²) in [4.78, 5) is 47.4. The number of fused-ring (bicyclic) bond motifs is 1. The topological polar surface area (TPSA) is 118 Å². The molecule has 3 aliphatic heterocycles. The summed E-state index contributed by atoms with van der Waals surface area (Å²) in [5, 5.41) is 6.29. The van der Waals surface area contributed by atoms with Crippen LogP contribution in [0, 0.1) is 0 Å². The van der Waals surface area contributed by atoms with Crippen molar-refractivity contribution < 1.29 is 14.3 Å². The van der Waals surface area contributed by atoms with Crippen LogP contribution in [-0.2, 0) is 16.1 Å². The lowest BCUT2D eigenvalue weighted by atomic mass is 10.1. The minimum atomic E-state index is -0.426. The van der Waals surface area contributed by atoms with Gasteiger partial charge in [0.05, 0.1) is 40.5 Å². The molecule has 1 aromatic carbocycles. The van der Waals surface area contributed by atoms with E-state index >= 15 is 0 Å². The van der Waals surface area contributed by atoms with E-state index in [1.807, 2.05) is 24.3 Å². The summed E-state index contributed by atoms with van der Waals surface area (Å²) in [5.41, 5.74) is 2.73. The first kappa shape index (κ1) is 21.1. The maximum atomic E-state index is 12.4. The number of hydrogen-bond acceptors (Lipinski definition) is 8. The Bertz CT molecular complexity index is 1380. The second kappa shape index (κ2) is 8.41. The van der Waals surface area contributed by atoms with Crippen LogP contribution in [0.5, 0.6) is 0 Å². The Morgan fingerprint density at radius 2 is 2.09 bits per heavy atom. The first-order chi connectivity index (χ1) is 16.6. The number of pyridine rings is 1. The van der Waals surface area contributed by atoms with Crippen LogP contribution in [0.3, 0.4) is 0 Å². The molecule has 2 amide bonds. The minimum absolute atomic E-state index is 0.0519. The van der Waals surface area contributed by atoms with E-state index in [-0.39, 0.29) is 23.6 Å². The maximum absolute atomic E-state index is 12.4. The maximum Gasteiger partial charge on any atom is 0.415 e. The van der Waals surface area contributed by atoms with Gasteiger partial charge < -0.3 is 19.9 Å². The highest BCUT2D eigenvalue weighted by molar-refractivity contribution is 8.00. The fourth-order valence-corrected chi connectivity index (χ4v) is 5.49. The Morgan fingerprint density at radius 1 is 1.18 bits per heavy atom. The van der Waals surface area contributed by atoms with Crippen LogP contribution < -0.4 is 21.1 Å². The minimum Gasteiger partial charge on any atom is -0.444 e. The van der Waals surface area contributed by atoms with Gasteiger partial charge in [0.2, 0.25) is 5.91 Å². The number of aromatic nitrogens is 3. The van der Waals surface area contributed by atoms with Gasteiger partial charge >= 0.3 is 6.09 Å². The van der Waals surface area contributed by atoms with Gasteiger partial charge in [-0.25, -0.2) is 14.8 Å². The lowest BCUT2D eigenvalue weighted by molar-refractivity contribution is -0.113. The molecule has 5 heterocycles. The third-order valence-corrected chi connectivity index (χ3v) is 7.39. The Labute approximate surface area is 198 Å². The molecule has 11 heteroatoms. The Hall–Kier alpha value is -3.44. The van der Waals surface area contributed by atoms with Crippen molar-refractivity contribution in [3.05, 3.63) is 52.4 Å². The first-order valence-corrected chi connectivity index (χ1v) is 12.2. The molecule has 0 saturated carbocycles. The molecule has 1 saturated heterocycles. The SMILES string of the molecule is O=C1CSc2ccc(N3C[C@@H](CCCN[C@@H]4Cn5c(=O)cnc6cccc4c65)OC3=O)nc2N1. The van der Waals surface area contributed by atoms with Crippen molar-refractivity contribution in [2.45, 2.75) is 36.4 Å². The molecule has 2 aromatic heterocycles. The number of rotatable bonds is 6. The van der Waals surface area contributed by atoms with E-state index in [0.717, 1.165) is 34.5 Å². The van der Waals surface area contributed by atoms with Gasteiger partial charge in [0, 0.05) is 6.54 Å². The molecule has 0 aliphatic carbocycles. The van der Waals surface area contributed by atoms with E-state index in [2.05, 4.69) is 20.6 Å². The van der Waals surface area contributed by atoms with E-state index in [0.29, 0.717) is 36.9 Å². The third-order valence-electron chi connectivity index (χ3n) is 6.34. The molecular weight excluding hydrogens is 456 g/mol. The van der Waals surface area contributed by atoms with Crippen LogP contribution in [0.1, 0.15) is 24.4 Å². The molecule has 6 rings (SSSR count). The standard InChI is InChI=1S/C23H22N6O4S/c30-19-12-34-17-6-7-18(26-22(17)27-19)28-10-13(33-23(28)32)3-2-8-24-16-11-29-20(31)9-25-15-5-1-4-14(16)21(15)29/h1,4-7,9,13,16,24H,2-3,8,10-12H2,(H,26,27,30)/t13-,16-/m1/s1. The zero-order valence-electron chi connectivity index (χ0n) is 18.2. The smallest absolute Gasteiger partial charge is 0.415 e. The number of ether oxygens (including phenoxy) is 1. The molecule has 0 unspecified atom stereocenters. The largest absolute Gasteiger partial charge is 0.444 e. The molecular formula is C23H22N6O4S. The van der Waals surface area contributed by atoms with Crippen molar-refractivity contribution in [3.8, 4) is 0 Å². The average Bonchev–Trinajstić information content (AvgIpc) is 3.40. The van der Waals surface area contributed by atoms with E-state index in [9.17, 15) is 14.4 Å². The van der Waals surface area contributed by atoms with Crippen LogP contribution in [0.4, 0.5) is 16.4 Å². The Morgan fingerprint density at radius 3 is 3.00 bits per heavy atom. The first-order valence-electron chi connectivity index (χ1n) is 11.2. The Balaban J connectivity index is 1.05. The molecule has 1 fully saturated rings. The van der Waals surface area contributed by atoms with Crippen molar-refractivity contribution in [3.63, 3.8) is 0 Å². The molecule has 3 aliphatic rings. The van der Waals surface area contributed by atoms with Gasteiger partial charge in [-0.05, 0) is 43.1 Å². The lowest BCUT2D eigenvalue weighted by Gasteiger charge is -2.18. The number of nitrogens with one attached hydrogen (secondary N) is 2. The van der Waals surface area contributed by atoms with Crippen LogP contribution in [0.2, 0.25) is 0 Å². The monoisotopic (exact) mass is 478 g/mol. The summed E-state index contributed by atoms with van der Waals surface area (Å²) < 4.78 is 7.33. The molecule has 2 atom stereocenters. The molecule has 34 heavy (non-hydrogen) atoms. The van der Waals surface area contributed by atoms with Crippen molar-refractivity contribution in [1.29, 1.82) is 0 Å². The van der Waals surface area contributed by atoms with Crippen LogP contribution in [0.15, 0.2) is 46.2 Å². The summed E-state index contributed by atoms with van der Waals surface area (Å²) in [6, 6.07) is 9.62. The molecule has 174 valence electrons. The summed E-state index contributed by atoms with van der Waals surface area (Å²) >= 11 is 1.43. The number of benzene rings is 1. The number of hydrogen-bond donors (Lipinski definition) is 2. The number of amides is 2. The van der Waals surface area contributed by atoms with E-state index in [1.54, 1.807) is 10.6 Å². The molecule has 10 nitrogen and oxygen atoms in total. The zero-order valence-corrected chi connectivity index (χ0v) is 19.0. The van der Waals surface area contributed by atoms with Crippen molar-refractivity contribution in [2.24, 2.45) is 0 Å². The summed E-state index contributed by atoms with van der Waals surface area (Å²) in [7, 11) is 0. The number of cyclic esters (lactones) is 1. The fourth-order valence-electron chi connectivity index (χ4n) is 4.74. The average molecular weight is 479 g/mol. The molecule has 0 spiro atoms. The van der Waals surface area contributed by atoms with Crippen molar-refractivity contribution in [1.82, 2.24) is 19.9 Å². The van der Waals surface area contributed by atoms with E-state index < -0.39 is 6.09 Å². The predicted octanol–water partition coefficient (Wildman–Crippen LogP) is 2.29. The van der Waals surface area contributed by atoms with Gasteiger partial charge in [-0.2, -0.15) is 0 Å². The van der Waals surface area contributed by atoms with Gasteiger partial charge in [0.1, 0.15) is 17.7 Å². The number of carbonyl (C=O) groups is 2. The highest BCUT2D eigenvalue weighted by Crippen LogP contribution is 2.33. The number of carbonyl (C=O) groups excluding carboxylic acids is 2. The number of anilines is 2. The quantitative estimate of drug-likeness (QED) is 0.518. The van der Waals surface area contributed by atoms with Crippen molar-refractivity contribution in [2.75, 3.05) is 29.1 Å². The normalized spacial score (nSPS) is 21.0.